The average molecular weight is 273 g/mol. The van der Waals surface area contributed by atoms with Crippen molar-refractivity contribution in [2.45, 2.75) is 45.1 Å². The van der Waals surface area contributed by atoms with Crippen LogP contribution in [0.3, 0.4) is 0 Å². The summed E-state index contributed by atoms with van der Waals surface area (Å²) in [6.07, 6.45) is 2.25. The van der Waals surface area contributed by atoms with Crippen LogP contribution in [0.4, 0.5) is 10.2 Å². The van der Waals surface area contributed by atoms with Crippen molar-refractivity contribution < 1.29 is 4.39 Å². The first-order valence-electron chi connectivity index (χ1n) is 7.02. The highest BCUT2D eigenvalue weighted by molar-refractivity contribution is 5.72. The van der Waals surface area contributed by atoms with E-state index in [1.807, 2.05) is 6.07 Å². The van der Waals surface area contributed by atoms with E-state index in [1.54, 1.807) is 12.1 Å². The van der Waals surface area contributed by atoms with E-state index in [9.17, 15) is 4.39 Å². The Hall–Kier alpha value is -1.84. The summed E-state index contributed by atoms with van der Waals surface area (Å²) in [6, 6.07) is 7.10. The molecular weight excluding hydrogens is 253 g/mol. The van der Waals surface area contributed by atoms with Gasteiger partial charge in [-0.05, 0) is 25.0 Å². The highest BCUT2D eigenvalue weighted by atomic mass is 19.1. The lowest BCUT2D eigenvalue weighted by Gasteiger charge is -2.20. The molecular formula is C16H20FN3. The Kier molecular flexibility index (Phi) is 2.85. The van der Waals surface area contributed by atoms with Gasteiger partial charge in [0.2, 0.25) is 0 Å². The third kappa shape index (κ3) is 2.09. The number of nitrogen functional groups attached to an aromatic ring is 1. The minimum absolute atomic E-state index is 0.111. The summed E-state index contributed by atoms with van der Waals surface area (Å²) in [5.74, 6) is 1.25. The smallest absolute Gasteiger partial charge is 0.132 e. The second-order valence-electron chi connectivity index (χ2n) is 6.50. The minimum atomic E-state index is -0.278. The maximum atomic E-state index is 14.0. The van der Waals surface area contributed by atoms with E-state index < -0.39 is 0 Å². The quantitative estimate of drug-likeness (QED) is 0.901. The summed E-state index contributed by atoms with van der Waals surface area (Å²) >= 11 is 0. The third-order valence-corrected chi connectivity index (χ3v) is 3.66. The number of benzene rings is 1. The molecule has 0 bridgehead atoms. The van der Waals surface area contributed by atoms with Crippen LogP contribution >= 0.6 is 0 Å². The summed E-state index contributed by atoms with van der Waals surface area (Å²) in [7, 11) is 0. The Labute approximate surface area is 118 Å². The molecule has 1 aromatic carbocycles. The van der Waals surface area contributed by atoms with Crippen LogP contribution in [0, 0.1) is 5.82 Å². The molecule has 1 aromatic heterocycles. The Morgan fingerprint density at radius 2 is 1.90 bits per heavy atom. The Morgan fingerprint density at radius 1 is 1.25 bits per heavy atom. The number of hydrogen-bond donors (Lipinski definition) is 1. The van der Waals surface area contributed by atoms with Gasteiger partial charge in [-0.25, -0.2) is 9.37 Å². The van der Waals surface area contributed by atoms with E-state index in [1.165, 1.54) is 6.07 Å². The van der Waals surface area contributed by atoms with Crippen LogP contribution in [0.1, 0.15) is 45.5 Å². The SMILES string of the molecule is CC(C)(C)c1nc(-c2ccccc2F)c(N)n1C1CC1. The van der Waals surface area contributed by atoms with Crippen molar-refractivity contribution in [3.05, 3.63) is 35.9 Å². The molecule has 1 aliphatic carbocycles. The number of nitrogens with two attached hydrogens (primary N) is 1. The second-order valence-corrected chi connectivity index (χ2v) is 6.50. The summed E-state index contributed by atoms with van der Waals surface area (Å²) in [4.78, 5) is 4.67. The van der Waals surface area contributed by atoms with Gasteiger partial charge < -0.3 is 10.3 Å². The first-order chi connectivity index (χ1) is 9.39. The molecule has 2 aromatic rings. The lowest BCUT2D eigenvalue weighted by molar-refractivity contribution is 0.504. The zero-order valence-corrected chi connectivity index (χ0v) is 12.2. The predicted molar refractivity (Wildman–Crippen MR) is 79.0 cm³/mol. The van der Waals surface area contributed by atoms with E-state index in [0.29, 0.717) is 23.1 Å². The van der Waals surface area contributed by atoms with E-state index in [4.69, 9.17) is 5.73 Å². The summed E-state index contributed by atoms with van der Waals surface area (Å²) in [6.45, 7) is 6.33. The molecule has 0 spiro atoms. The van der Waals surface area contributed by atoms with Crippen molar-refractivity contribution >= 4 is 5.82 Å². The van der Waals surface area contributed by atoms with Crippen molar-refractivity contribution in [1.29, 1.82) is 0 Å². The monoisotopic (exact) mass is 273 g/mol. The third-order valence-electron chi connectivity index (χ3n) is 3.66. The number of aromatic nitrogens is 2. The molecule has 1 aliphatic rings. The van der Waals surface area contributed by atoms with Crippen molar-refractivity contribution in [3.63, 3.8) is 0 Å². The van der Waals surface area contributed by atoms with Crippen molar-refractivity contribution in [2.24, 2.45) is 0 Å². The largest absolute Gasteiger partial charge is 0.383 e. The summed E-state index contributed by atoms with van der Waals surface area (Å²) in [5.41, 5.74) is 7.22. The fourth-order valence-electron chi connectivity index (χ4n) is 2.53. The average Bonchev–Trinajstić information content (AvgIpc) is 3.13. The molecule has 3 rings (SSSR count). The number of rotatable bonds is 2. The molecule has 2 N–H and O–H groups in total. The van der Waals surface area contributed by atoms with Gasteiger partial charge in [-0.15, -0.1) is 0 Å². The number of halogens is 1. The molecule has 0 saturated heterocycles. The van der Waals surface area contributed by atoms with Gasteiger partial charge in [0, 0.05) is 17.0 Å². The van der Waals surface area contributed by atoms with Crippen LogP contribution in [-0.4, -0.2) is 9.55 Å². The number of imidazole rings is 1. The van der Waals surface area contributed by atoms with Gasteiger partial charge in [0.15, 0.2) is 0 Å². The van der Waals surface area contributed by atoms with Gasteiger partial charge in [-0.2, -0.15) is 0 Å². The molecule has 1 saturated carbocycles. The van der Waals surface area contributed by atoms with Crippen LogP contribution in [0.5, 0.6) is 0 Å². The Morgan fingerprint density at radius 3 is 2.45 bits per heavy atom. The fourth-order valence-corrected chi connectivity index (χ4v) is 2.53. The molecule has 0 aliphatic heterocycles. The molecule has 0 atom stereocenters. The Bertz CT molecular complexity index is 648. The van der Waals surface area contributed by atoms with E-state index in [-0.39, 0.29) is 11.2 Å². The van der Waals surface area contributed by atoms with Gasteiger partial charge in [-0.1, -0.05) is 32.9 Å². The van der Waals surface area contributed by atoms with Crippen molar-refractivity contribution in [2.75, 3.05) is 5.73 Å². The molecule has 3 nitrogen and oxygen atoms in total. The highest BCUT2D eigenvalue weighted by Crippen LogP contribution is 2.43. The number of anilines is 1. The second kappa shape index (κ2) is 4.33. The highest BCUT2D eigenvalue weighted by Gasteiger charge is 2.34. The van der Waals surface area contributed by atoms with E-state index in [0.717, 1.165) is 18.7 Å². The van der Waals surface area contributed by atoms with Crippen LogP contribution < -0.4 is 5.73 Å². The molecule has 1 heterocycles. The van der Waals surface area contributed by atoms with Gasteiger partial charge in [0.05, 0.1) is 0 Å². The first kappa shape index (κ1) is 13.2. The number of nitrogens with zero attached hydrogens (tertiary/aromatic N) is 2. The van der Waals surface area contributed by atoms with E-state index in [2.05, 4.69) is 30.3 Å². The molecule has 1 fully saturated rings. The van der Waals surface area contributed by atoms with Gasteiger partial charge in [0.25, 0.3) is 0 Å². The summed E-state index contributed by atoms with van der Waals surface area (Å²) < 4.78 is 16.1. The van der Waals surface area contributed by atoms with Crippen LogP contribution in [-0.2, 0) is 5.41 Å². The molecule has 106 valence electrons. The molecule has 20 heavy (non-hydrogen) atoms. The maximum Gasteiger partial charge on any atom is 0.132 e. The molecule has 0 unspecified atom stereocenters. The van der Waals surface area contributed by atoms with Crippen LogP contribution in [0.25, 0.3) is 11.3 Å². The lowest BCUT2D eigenvalue weighted by Crippen LogP contribution is -2.19. The van der Waals surface area contributed by atoms with E-state index >= 15 is 0 Å². The summed E-state index contributed by atoms with van der Waals surface area (Å²) in [5, 5.41) is 0. The predicted octanol–water partition coefficient (Wildman–Crippen LogP) is 3.90. The standard InChI is InChI=1S/C16H20FN3/c1-16(2,3)15-19-13(11-6-4-5-7-12(11)17)14(18)20(15)10-8-9-10/h4-7,10H,8-9,18H2,1-3H3. The van der Waals surface area contributed by atoms with Gasteiger partial charge in [0.1, 0.15) is 23.2 Å². The van der Waals surface area contributed by atoms with Gasteiger partial charge >= 0.3 is 0 Å². The van der Waals surface area contributed by atoms with Crippen LogP contribution in [0.2, 0.25) is 0 Å². The normalized spacial score (nSPS) is 15.6. The van der Waals surface area contributed by atoms with Gasteiger partial charge in [-0.3, -0.25) is 0 Å². The minimum Gasteiger partial charge on any atom is -0.383 e. The van der Waals surface area contributed by atoms with Crippen molar-refractivity contribution in [3.8, 4) is 11.3 Å². The van der Waals surface area contributed by atoms with Crippen LogP contribution in [0.15, 0.2) is 24.3 Å². The number of hydrogen-bond acceptors (Lipinski definition) is 2. The Balaban J connectivity index is 2.21. The zero-order valence-electron chi connectivity index (χ0n) is 12.2. The maximum absolute atomic E-state index is 14.0. The fraction of sp³-hybridized carbons (Fsp3) is 0.438. The van der Waals surface area contributed by atoms with Crippen molar-refractivity contribution in [1.82, 2.24) is 9.55 Å². The first-order valence-corrected chi connectivity index (χ1v) is 7.02. The lowest BCUT2D eigenvalue weighted by atomic mass is 9.95. The molecule has 4 heteroatoms. The molecule has 0 amide bonds. The molecule has 0 radical (unpaired) electrons. The topological polar surface area (TPSA) is 43.8 Å². The zero-order chi connectivity index (χ0) is 14.5.